The number of hydrogen-bond acceptors (Lipinski definition) is 3. The summed E-state index contributed by atoms with van der Waals surface area (Å²) in [5.74, 6) is 0.0623. The summed E-state index contributed by atoms with van der Waals surface area (Å²) in [4.78, 5) is 5.09. The monoisotopic (exact) mass is 487 g/mol. The third kappa shape index (κ3) is 5.19. The van der Waals surface area contributed by atoms with Crippen LogP contribution < -0.4 is 0 Å². The summed E-state index contributed by atoms with van der Waals surface area (Å²) in [5.41, 5.74) is 4.67. The number of rotatable bonds is 6. The molecule has 2 N–H and O–H groups in total. The highest BCUT2D eigenvalue weighted by molar-refractivity contribution is 5.75. The van der Waals surface area contributed by atoms with Gasteiger partial charge in [-0.3, -0.25) is 4.98 Å². The third-order valence-electron chi connectivity index (χ3n) is 7.48. The zero-order valence-electron chi connectivity index (χ0n) is 21.0. The first-order valence-electron chi connectivity index (χ1n) is 12.7. The van der Waals surface area contributed by atoms with Crippen LogP contribution in [0.25, 0.3) is 5.57 Å². The number of allylic oxidation sites excluding steroid dienone is 2. The molecule has 2 aliphatic rings. The number of nitrogens with zero attached hydrogens (tertiary/aromatic N) is 1. The van der Waals surface area contributed by atoms with Gasteiger partial charge in [0.2, 0.25) is 0 Å². The number of aliphatic hydroxyl groups is 2. The zero-order valence-corrected chi connectivity index (χ0v) is 21.0. The molecule has 1 aromatic heterocycles. The van der Waals surface area contributed by atoms with Crippen LogP contribution in [0.5, 0.6) is 0 Å². The van der Waals surface area contributed by atoms with Gasteiger partial charge >= 0.3 is 6.18 Å². The molecule has 3 nitrogen and oxygen atoms in total. The minimum Gasteiger partial charge on any atom is -0.388 e. The Morgan fingerprint density at radius 2 is 1.86 bits per heavy atom. The highest BCUT2D eigenvalue weighted by atomic mass is 19.4. The number of aliphatic hydroxyl groups excluding tert-OH is 2. The minimum absolute atomic E-state index is 0.0623. The number of hydrogen-bond donors (Lipinski definition) is 2. The van der Waals surface area contributed by atoms with E-state index in [2.05, 4.69) is 33.8 Å². The predicted molar refractivity (Wildman–Crippen MR) is 132 cm³/mol. The van der Waals surface area contributed by atoms with Crippen LogP contribution in [-0.2, 0) is 12.6 Å². The maximum Gasteiger partial charge on any atom is 0.416 e. The first-order valence-corrected chi connectivity index (χ1v) is 12.7. The number of aromatic nitrogens is 1. The van der Waals surface area contributed by atoms with Crippen molar-refractivity contribution in [1.82, 2.24) is 4.98 Å². The van der Waals surface area contributed by atoms with Crippen LogP contribution in [0.1, 0.15) is 124 Å². The van der Waals surface area contributed by atoms with Crippen molar-refractivity contribution in [3.63, 3.8) is 0 Å². The third-order valence-corrected chi connectivity index (χ3v) is 7.48. The molecular formula is C29H36F3NO2. The van der Waals surface area contributed by atoms with E-state index in [1.165, 1.54) is 12.1 Å². The molecule has 0 aliphatic heterocycles. The lowest BCUT2D eigenvalue weighted by Crippen LogP contribution is -2.29. The quantitative estimate of drug-likeness (QED) is 0.440. The van der Waals surface area contributed by atoms with E-state index < -0.39 is 23.9 Å². The summed E-state index contributed by atoms with van der Waals surface area (Å²) < 4.78 is 39.5. The van der Waals surface area contributed by atoms with E-state index >= 15 is 0 Å². The lowest BCUT2D eigenvalue weighted by Gasteiger charge is -2.38. The van der Waals surface area contributed by atoms with Gasteiger partial charge in [-0.1, -0.05) is 52.3 Å². The van der Waals surface area contributed by atoms with E-state index in [0.717, 1.165) is 78.7 Å². The molecule has 0 saturated carbocycles. The molecule has 0 spiro atoms. The highest BCUT2D eigenvalue weighted by Crippen LogP contribution is 2.49. The molecule has 0 bridgehead atoms. The molecule has 0 radical (unpaired) electrons. The maximum atomic E-state index is 13.2. The Morgan fingerprint density at radius 3 is 2.43 bits per heavy atom. The van der Waals surface area contributed by atoms with Gasteiger partial charge in [0.1, 0.15) is 6.10 Å². The summed E-state index contributed by atoms with van der Waals surface area (Å²) in [6.07, 6.45) is 1.85. The van der Waals surface area contributed by atoms with Crippen molar-refractivity contribution in [3.8, 4) is 0 Å². The average Bonchev–Trinajstić information content (AvgIpc) is 3.31. The molecule has 1 heterocycles. The van der Waals surface area contributed by atoms with Crippen LogP contribution in [0.3, 0.4) is 0 Å². The fourth-order valence-electron chi connectivity index (χ4n) is 5.82. The first kappa shape index (κ1) is 25.9. The second kappa shape index (κ2) is 9.70. The molecule has 0 fully saturated rings. The molecule has 0 amide bonds. The number of benzene rings is 1. The maximum absolute atomic E-state index is 13.2. The normalized spacial score (nSPS) is 21.4. The number of pyridine rings is 1. The smallest absolute Gasteiger partial charge is 0.388 e. The summed E-state index contributed by atoms with van der Waals surface area (Å²) in [7, 11) is 0. The van der Waals surface area contributed by atoms with Crippen molar-refractivity contribution in [3.05, 3.63) is 69.5 Å². The van der Waals surface area contributed by atoms with Gasteiger partial charge in [-0.15, -0.1) is 0 Å². The molecule has 6 heteroatoms. The number of fused-ring (bicyclic) bond motifs is 1. The highest BCUT2D eigenvalue weighted by Gasteiger charge is 2.38. The molecule has 2 aliphatic carbocycles. The van der Waals surface area contributed by atoms with Gasteiger partial charge in [-0.25, -0.2) is 0 Å². The van der Waals surface area contributed by atoms with Crippen molar-refractivity contribution < 1.29 is 23.4 Å². The van der Waals surface area contributed by atoms with Gasteiger partial charge < -0.3 is 10.2 Å². The first-order chi connectivity index (χ1) is 16.4. The Morgan fingerprint density at radius 1 is 1.17 bits per heavy atom. The Balaban J connectivity index is 1.96. The summed E-state index contributed by atoms with van der Waals surface area (Å²) in [6, 6.07) is 4.75. The van der Waals surface area contributed by atoms with Crippen LogP contribution in [0.4, 0.5) is 13.2 Å². The van der Waals surface area contributed by atoms with E-state index in [4.69, 9.17) is 4.98 Å². The average molecular weight is 488 g/mol. The SMILES string of the molecule is CCCC(C)c1nc2c(c(C3=CCCC3)c1C(O)c1ccc(C(F)(F)F)cc1)C(O)CC(C)(C)C2. The van der Waals surface area contributed by atoms with E-state index in [-0.39, 0.29) is 11.3 Å². The lowest BCUT2D eigenvalue weighted by molar-refractivity contribution is -0.137. The predicted octanol–water partition coefficient (Wildman–Crippen LogP) is 7.66. The fourth-order valence-corrected chi connectivity index (χ4v) is 5.82. The molecule has 2 aromatic rings. The zero-order chi connectivity index (χ0) is 25.5. The minimum atomic E-state index is -4.44. The van der Waals surface area contributed by atoms with Crippen LogP contribution in [0.2, 0.25) is 0 Å². The van der Waals surface area contributed by atoms with E-state index in [1.807, 2.05) is 0 Å². The van der Waals surface area contributed by atoms with E-state index in [0.29, 0.717) is 17.5 Å². The molecule has 35 heavy (non-hydrogen) atoms. The van der Waals surface area contributed by atoms with Crippen molar-refractivity contribution in [2.24, 2.45) is 5.41 Å². The van der Waals surface area contributed by atoms with Crippen LogP contribution >= 0.6 is 0 Å². The van der Waals surface area contributed by atoms with Gasteiger partial charge in [0.25, 0.3) is 0 Å². The number of alkyl halides is 3. The molecule has 190 valence electrons. The largest absolute Gasteiger partial charge is 0.416 e. The topological polar surface area (TPSA) is 53.4 Å². The van der Waals surface area contributed by atoms with Crippen LogP contribution in [0.15, 0.2) is 30.3 Å². The number of halogens is 3. The molecule has 4 rings (SSSR count). The fraction of sp³-hybridized carbons (Fsp3) is 0.552. The Kier molecular flexibility index (Phi) is 7.18. The van der Waals surface area contributed by atoms with Gasteiger partial charge in [0.15, 0.2) is 0 Å². The standard InChI is InChI=1S/C29H36F3NO2/c1-5-8-17(2)26-25(27(35)19-11-13-20(14-12-19)29(30,31)32)23(18-9-6-7-10-18)24-21(33-26)15-28(3,4)16-22(24)34/h9,11-14,17,22,27,34-35H,5-8,10,15-16H2,1-4H3. The van der Waals surface area contributed by atoms with Gasteiger partial charge in [-0.05, 0) is 78.7 Å². The van der Waals surface area contributed by atoms with Crippen LogP contribution in [-0.4, -0.2) is 15.2 Å². The van der Waals surface area contributed by atoms with Crippen molar-refractivity contribution in [2.75, 3.05) is 0 Å². The van der Waals surface area contributed by atoms with Crippen molar-refractivity contribution >= 4 is 5.57 Å². The molecule has 3 unspecified atom stereocenters. The summed E-state index contributed by atoms with van der Waals surface area (Å²) >= 11 is 0. The molecule has 3 atom stereocenters. The Bertz CT molecular complexity index is 1100. The van der Waals surface area contributed by atoms with Crippen molar-refractivity contribution in [2.45, 2.75) is 96.9 Å². The van der Waals surface area contributed by atoms with Gasteiger partial charge in [0, 0.05) is 16.8 Å². The van der Waals surface area contributed by atoms with Crippen LogP contribution in [0, 0.1) is 5.41 Å². The second-order valence-corrected chi connectivity index (χ2v) is 11.0. The van der Waals surface area contributed by atoms with Gasteiger partial charge in [0.05, 0.1) is 17.4 Å². The summed E-state index contributed by atoms with van der Waals surface area (Å²) in [6.45, 7) is 8.47. The molecular weight excluding hydrogens is 451 g/mol. The Hall–Kier alpha value is -2.18. The van der Waals surface area contributed by atoms with Gasteiger partial charge in [-0.2, -0.15) is 13.2 Å². The van der Waals surface area contributed by atoms with Crippen molar-refractivity contribution in [1.29, 1.82) is 0 Å². The lowest BCUT2D eigenvalue weighted by atomic mass is 9.71. The van der Waals surface area contributed by atoms with E-state index in [9.17, 15) is 23.4 Å². The Labute approximate surface area is 206 Å². The molecule has 0 saturated heterocycles. The van der Waals surface area contributed by atoms with E-state index in [1.54, 1.807) is 0 Å². The second-order valence-electron chi connectivity index (χ2n) is 11.0. The summed E-state index contributed by atoms with van der Waals surface area (Å²) in [5, 5.41) is 23.0. The molecule has 1 aromatic carbocycles.